The highest BCUT2D eigenvalue weighted by atomic mass is 32.2. The SMILES string of the molecule is CC(=O)c1cccc(NC(=O)[C@@H]2CN(S(=O)(=O)c3ccccc3)CCN2S(=O)(=O)c2ccccc2)c1. The fourth-order valence-electron chi connectivity index (χ4n) is 3.97. The van der Waals surface area contributed by atoms with Crippen LogP contribution in [-0.4, -0.2) is 62.8 Å². The second-order valence-corrected chi connectivity index (χ2v) is 12.1. The molecule has 0 aromatic heterocycles. The molecular weight excluding hydrogens is 502 g/mol. The first-order valence-corrected chi connectivity index (χ1v) is 14.0. The van der Waals surface area contributed by atoms with Crippen molar-refractivity contribution in [1.82, 2.24) is 8.61 Å². The summed E-state index contributed by atoms with van der Waals surface area (Å²) in [6.07, 6.45) is 0. The summed E-state index contributed by atoms with van der Waals surface area (Å²) in [4.78, 5) is 25.2. The minimum absolute atomic E-state index is 0.000688. The molecule has 11 heteroatoms. The number of nitrogens with zero attached hydrogens (tertiary/aromatic N) is 2. The standard InChI is InChI=1S/C25H25N3O6S2/c1-19(29)20-9-8-10-21(17-20)26-25(30)24-18-27(35(31,32)22-11-4-2-5-12-22)15-16-28(24)36(33,34)23-13-6-3-7-14-23/h2-14,17,24H,15-16,18H2,1H3,(H,26,30)/t24-/m0/s1. The van der Waals surface area contributed by atoms with Crippen LogP contribution in [0.2, 0.25) is 0 Å². The summed E-state index contributed by atoms with van der Waals surface area (Å²) in [6, 6.07) is 20.3. The molecule has 0 unspecified atom stereocenters. The minimum Gasteiger partial charge on any atom is -0.325 e. The van der Waals surface area contributed by atoms with Crippen LogP contribution in [0.4, 0.5) is 5.69 Å². The molecule has 0 saturated carbocycles. The Morgan fingerprint density at radius 3 is 1.94 bits per heavy atom. The molecule has 0 bridgehead atoms. The maximum Gasteiger partial charge on any atom is 0.244 e. The monoisotopic (exact) mass is 527 g/mol. The van der Waals surface area contributed by atoms with Crippen LogP contribution in [0.5, 0.6) is 0 Å². The number of piperazine rings is 1. The van der Waals surface area contributed by atoms with E-state index in [0.717, 1.165) is 8.61 Å². The Balaban J connectivity index is 1.69. The van der Waals surface area contributed by atoms with Crippen LogP contribution < -0.4 is 5.32 Å². The van der Waals surface area contributed by atoms with Crippen molar-refractivity contribution in [1.29, 1.82) is 0 Å². The van der Waals surface area contributed by atoms with Crippen molar-refractivity contribution < 1.29 is 26.4 Å². The Hall–Kier alpha value is -3.38. The van der Waals surface area contributed by atoms with Crippen molar-refractivity contribution in [2.24, 2.45) is 0 Å². The number of amides is 1. The van der Waals surface area contributed by atoms with Crippen molar-refractivity contribution in [3.05, 3.63) is 90.5 Å². The molecule has 1 saturated heterocycles. The number of hydrogen-bond donors (Lipinski definition) is 1. The molecule has 0 spiro atoms. The number of benzene rings is 3. The Morgan fingerprint density at radius 2 is 1.36 bits per heavy atom. The number of sulfonamides is 2. The average Bonchev–Trinajstić information content (AvgIpc) is 2.89. The van der Waals surface area contributed by atoms with Crippen molar-refractivity contribution >= 4 is 37.4 Å². The zero-order valence-corrected chi connectivity index (χ0v) is 21.1. The molecule has 1 aliphatic rings. The predicted molar refractivity (Wildman–Crippen MR) is 134 cm³/mol. The molecule has 1 atom stereocenters. The zero-order valence-electron chi connectivity index (χ0n) is 19.4. The van der Waals surface area contributed by atoms with E-state index in [9.17, 15) is 26.4 Å². The van der Waals surface area contributed by atoms with Crippen LogP contribution in [-0.2, 0) is 24.8 Å². The quantitative estimate of drug-likeness (QED) is 0.472. The third kappa shape index (κ3) is 5.24. The van der Waals surface area contributed by atoms with Gasteiger partial charge in [-0.15, -0.1) is 0 Å². The van der Waals surface area contributed by atoms with Crippen LogP contribution in [0.25, 0.3) is 0 Å². The van der Waals surface area contributed by atoms with Gasteiger partial charge in [0.25, 0.3) is 0 Å². The third-order valence-corrected chi connectivity index (χ3v) is 9.67. The van der Waals surface area contributed by atoms with Gasteiger partial charge in [0.15, 0.2) is 5.78 Å². The first-order valence-electron chi connectivity index (χ1n) is 11.1. The van der Waals surface area contributed by atoms with Gasteiger partial charge in [-0.1, -0.05) is 48.5 Å². The molecule has 0 radical (unpaired) electrons. The van der Waals surface area contributed by atoms with Gasteiger partial charge in [0, 0.05) is 30.9 Å². The van der Waals surface area contributed by atoms with Gasteiger partial charge < -0.3 is 5.32 Å². The minimum atomic E-state index is -4.11. The molecule has 1 aliphatic heterocycles. The zero-order chi connectivity index (χ0) is 25.9. The van der Waals surface area contributed by atoms with E-state index in [4.69, 9.17) is 0 Å². The third-order valence-electron chi connectivity index (χ3n) is 5.86. The largest absolute Gasteiger partial charge is 0.325 e. The molecule has 36 heavy (non-hydrogen) atoms. The molecule has 9 nitrogen and oxygen atoms in total. The molecule has 1 amide bonds. The smallest absolute Gasteiger partial charge is 0.244 e. The van der Waals surface area contributed by atoms with E-state index in [1.54, 1.807) is 54.6 Å². The highest BCUT2D eigenvalue weighted by Crippen LogP contribution is 2.26. The van der Waals surface area contributed by atoms with Gasteiger partial charge in [0.1, 0.15) is 6.04 Å². The van der Waals surface area contributed by atoms with Crippen molar-refractivity contribution in [3.63, 3.8) is 0 Å². The predicted octanol–water partition coefficient (Wildman–Crippen LogP) is 2.59. The summed E-state index contributed by atoms with van der Waals surface area (Å²) in [5, 5.41) is 2.65. The van der Waals surface area contributed by atoms with E-state index in [2.05, 4.69) is 5.32 Å². The van der Waals surface area contributed by atoms with Gasteiger partial charge in [-0.2, -0.15) is 8.61 Å². The molecular formula is C25H25N3O6S2. The fourth-order valence-corrected chi connectivity index (χ4v) is 7.02. The van der Waals surface area contributed by atoms with Crippen LogP contribution in [0.15, 0.2) is 94.7 Å². The lowest BCUT2D eigenvalue weighted by molar-refractivity contribution is -0.120. The molecule has 1 N–H and O–H groups in total. The normalized spacial score (nSPS) is 17.4. The van der Waals surface area contributed by atoms with Crippen molar-refractivity contribution in [2.75, 3.05) is 25.0 Å². The maximum atomic E-state index is 13.5. The summed E-state index contributed by atoms with van der Waals surface area (Å²) in [5.74, 6) is -0.902. The van der Waals surface area contributed by atoms with Gasteiger partial charge in [-0.25, -0.2) is 16.8 Å². The van der Waals surface area contributed by atoms with Gasteiger partial charge in [-0.3, -0.25) is 9.59 Å². The molecule has 0 aliphatic carbocycles. The summed E-state index contributed by atoms with van der Waals surface area (Å²) in [5.41, 5.74) is 0.672. The second kappa shape index (κ2) is 10.3. The first kappa shape index (κ1) is 25.7. The van der Waals surface area contributed by atoms with E-state index in [1.807, 2.05) is 0 Å². The van der Waals surface area contributed by atoms with E-state index >= 15 is 0 Å². The Kier molecular flexibility index (Phi) is 7.36. The molecule has 4 rings (SSSR count). The Morgan fingerprint density at radius 1 is 0.778 bits per heavy atom. The number of rotatable bonds is 7. The lowest BCUT2D eigenvalue weighted by Gasteiger charge is -2.38. The number of carbonyl (C=O) groups excluding carboxylic acids is 2. The van der Waals surface area contributed by atoms with Gasteiger partial charge in [0.2, 0.25) is 26.0 Å². The van der Waals surface area contributed by atoms with Crippen LogP contribution in [0.1, 0.15) is 17.3 Å². The second-order valence-electron chi connectivity index (χ2n) is 8.25. The van der Waals surface area contributed by atoms with E-state index in [-0.39, 0.29) is 35.2 Å². The van der Waals surface area contributed by atoms with Crippen LogP contribution in [0.3, 0.4) is 0 Å². The Bertz CT molecular complexity index is 1480. The average molecular weight is 528 g/mol. The van der Waals surface area contributed by atoms with Gasteiger partial charge >= 0.3 is 0 Å². The number of Topliss-reactive ketones (excluding diaryl/α,β-unsaturated/α-hetero) is 1. The molecule has 188 valence electrons. The first-order chi connectivity index (χ1) is 17.1. The van der Waals surface area contributed by atoms with Crippen molar-refractivity contribution in [3.8, 4) is 0 Å². The summed E-state index contributed by atoms with van der Waals surface area (Å²) in [6.45, 7) is 0.686. The molecule has 1 heterocycles. The van der Waals surface area contributed by atoms with Crippen LogP contribution >= 0.6 is 0 Å². The maximum absolute atomic E-state index is 13.5. The van der Waals surface area contributed by atoms with Gasteiger partial charge in [0.05, 0.1) is 9.79 Å². The highest BCUT2D eigenvalue weighted by Gasteiger charge is 2.43. The molecule has 1 fully saturated rings. The number of ketones is 1. The fraction of sp³-hybridized carbons (Fsp3) is 0.200. The summed E-state index contributed by atoms with van der Waals surface area (Å²) >= 11 is 0. The summed E-state index contributed by atoms with van der Waals surface area (Å²) < 4.78 is 55.6. The Labute approximate surface area is 210 Å². The lowest BCUT2D eigenvalue weighted by atomic mass is 10.1. The molecule has 3 aromatic carbocycles. The van der Waals surface area contributed by atoms with E-state index < -0.39 is 32.0 Å². The number of anilines is 1. The van der Waals surface area contributed by atoms with E-state index in [1.165, 1.54) is 37.3 Å². The lowest BCUT2D eigenvalue weighted by Crippen LogP contribution is -2.60. The number of carbonyl (C=O) groups is 2. The van der Waals surface area contributed by atoms with Crippen molar-refractivity contribution in [2.45, 2.75) is 22.8 Å². The van der Waals surface area contributed by atoms with Crippen LogP contribution in [0, 0.1) is 0 Å². The highest BCUT2D eigenvalue weighted by molar-refractivity contribution is 7.89. The number of hydrogen-bond acceptors (Lipinski definition) is 6. The topological polar surface area (TPSA) is 121 Å². The van der Waals surface area contributed by atoms with E-state index in [0.29, 0.717) is 11.3 Å². The van der Waals surface area contributed by atoms with Gasteiger partial charge in [-0.05, 0) is 43.3 Å². The number of nitrogens with one attached hydrogen (secondary N) is 1. The summed E-state index contributed by atoms with van der Waals surface area (Å²) in [7, 11) is -8.07. The molecule has 3 aromatic rings.